The van der Waals surface area contributed by atoms with E-state index < -0.39 is 6.10 Å². The molecule has 0 aliphatic carbocycles. The lowest BCUT2D eigenvalue weighted by Crippen LogP contribution is -2.25. The van der Waals surface area contributed by atoms with Crippen LogP contribution in [0.1, 0.15) is 194 Å². The van der Waals surface area contributed by atoms with Crippen LogP contribution in [0.2, 0.25) is 0 Å². The zero-order valence-corrected chi connectivity index (χ0v) is 30.5. The highest BCUT2D eigenvalue weighted by atomic mass is 16.6. The molecule has 3 atom stereocenters. The number of unbranched alkanes of at least 4 members (excludes halogenated alkanes) is 19. The van der Waals surface area contributed by atoms with Crippen molar-refractivity contribution < 1.29 is 28.9 Å². The summed E-state index contributed by atoms with van der Waals surface area (Å²) in [5.41, 5.74) is 0. The van der Waals surface area contributed by atoms with Gasteiger partial charge in [0, 0.05) is 12.8 Å². The predicted octanol–water partition coefficient (Wildman–Crippen LogP) is 11.0. The van der Waals surface area contributed by atoms with E-state index in [0.717, 1.165) is 63.7 Å². The van der Waals surface area contributed by atoms with Gasteiger partial charge in [0.05, 0.1) is 12.2 Å². The average molecular weight is 651 g/mol. The number of rotatable bonds is 34. The molecule has 0 radical (unpaired) electrons. The minimum absolute atomic E-state index is 0.120. The topological polar surface area (TPSA) is 85.4 Å². The Kier molecular flexibility index (Phi) is 28.6. The molecule has 1 rings (SSSR count). The maximum absolute atomic E-state index is 12.0. The molecule has 0 aromatic heterocycles. The van der Waals surface area contributed by atoms with E-state index in [1.165, 1.54) is 103 Å². The first-order valence-corrected chi connectivity index (χ1v) is 19.7. The quantitative estimate of drug-likeness (QED) is 0.0323. The highest BCUT2D eigenvalue weighted by Crippen LogP contribution is 2.30. The van der Waals surface area contributed by atoms with Gasteiger partial charge in [-0.3, -0.25) is 9.59 Å². The molecule has 1 saturated heterocycles. The van der Waals surface area contributed by atoms with Crippen molar-refractivity contribution in [2.24, 2.45) is 5.92 Å². The fourth-order valence-electron chi connectivity index (χ4n) is 5.98. The zero-order valence-electron chi connectivity index (χ0n) is 30.5. The smallest absolute Gasteiger partial charge is 0.305 e. The van der Waals surface area contributed by atoms with Crippen molar-refractivity contribution in [1.82, 2.24) is 0 Å². The van der Waals surface area contributed by atoms with Crippen LogP contribution in [0.25, 0.3) is 0 Å². The molecule has 1 aliphatic heterocycles. The third-order valence-electron chi connectivity index (χ3n) is 9.10. The van der Waals surface area contributed by atoms with Crippen LogP contribution < -0.4 is 0 Å². The van der Waals surface area contributed by atoms with Crippen LogP contribution in [-0.2, 0) is 23.8 Å². The Bertz CT molecular complexity index is 735. The molecule has 0 saturated carbocycles. The van der Waals surface area contributed by atoms with Crippen LogP contribution >= 0.6 is 0 Å². The van der Waals surface area contributed by atoms with Crippen molar-refractivity contribution >= 4 is 11.9 Å². The number of epoxide rings is 1. The molecule has 2 unspecified atom stereocenters. The second-order valence-electron chi connectivity index (χ2n) is 14.3. The first kappa shape index (κ1) is 42.6. The van der Waals surface area contributed by atoms with Crippen LogP contribution in [0, 0.1) is 5.92 Å². The lowest BCUT2D eigenvalue weighted by atomic mass is 10.0. The summed E-state index contributed by atoms with van der Waals surface area (Å²) in [6, 6.07) is 0. The van der Waals surface area contributed by atoms with Crippen molar-refractivity contribution in [3.8, 4) is 0 Å². The molecular weight excluding hydrogens is 576 g/mol. The number of carbonyl (C=O) groups excluding carboxylic acids is 2. The summed E-state index contributed by atoms with van der Waals surface area (Å²) in [6.45, 7) is 6.61. The largest absolute Gasteiger partial charge is 0.463 e. The molecule has 6 nitrogen and oxygen atoms in total. The second kappa shape index (κ2) is 30.9. The van der Waals surface area contributed by atoms with E-state index in [9.17, 15) is 14.7 Å². The maximum Gasteiger partial charge on any atom is 0.305 e. The highest BCUT2D eigenvalue weighted by Gasteiger charge is 2.36. The van der Waals surface area contributed by atoms with E-state index in [1.807, 2.05) is 0 Å². The number of hydrogen-bond acceptors (Lipinski definition) is 6. The molecule has 46 heavy (non-hydrogen) atoms. The number of hydrogen-bond donors (Lipinski definition) is 1. The van der Waals surface area contributed by atoms with E-state index in [4.69, 9.17) is 14.2 Å². The van der Waals surface area contributed by atoms with Crippen molar-refractivity contribution in [1.29, 1.82) is 0 Å². The van der Waals surface area contributed by atoms with Gasteiger partial charge in [0.1, 0.15) is 19.3 Å². The third-order valence-corrected chi connectivity index (χ3v) is 9.10. The molecule has 270 valence electrons. The SMILES string of the molecule is CCCCC/C=C\CC1OC1CCCCCCCC(=O)OC[C@@H](O)COC(=O)CCCCCCCCCCCCCCCC(C)C. The average Bonchev–Trinajstić information content (AvgIpc) is 3.79. The van der Waals surface area contributed by atoms with Crippen molar-refractivity contribution in [2.75, 3.05) is 13.2 Å². The molecule has 0 aromatic carbocycles. The molecule has 6 heteroatoms. The summed E-state index contributed by atoms with van der Waals surface area (Å²) in [4.78, 5) is 24.0. The lowest BCUT2D eigenvalue weighted by molar-refractivity contribution is -0.152. The predicted molar refractivity (Wildman–Crippen MR) is 191 cm³/mol. The summed E-state index contributed by atoms with van der Waals surface area (Å²) in [6.07, 6.45) is 35.7. The van der Waals surface area contributed by atoms with E-state index >= 15 is 0 Å². The Morgan fingerprint density at radius 2 is 1.11 bits per heavy atom. The van der Waals surface area contributed by atoms with Crippen LogP contribution in [0.4, 0.5) is 0 Å². The van der Waals surface area contributed by atoms with Crippen LogP contribution in [0.5, 0.6) is 0 Å². The normalized spacial score (nSPS) is 16.7. The summed E-state index contributed by atoms with van der Waals surface area (Å²) < 4.78 is 16.1. The second-order valence-corrected chi connectivity index (χ2v) is 14.3. The third kappa shape index (κ3) is 28.8. The minimum Gasteiger partial charge on any atom is -0.463 e. The highest BCUT2D eigenvalue weighted by molar-refractivity contribution is 5.69. The Labute approximate surface area is 284 Å². The molecule has 1 fully saturated rings. The Morgan fingerprint density at radius 1 is 0.630 bits per heavy atom. The Morgan fingerprint density at radius 3 is 1.61 bits per heavy atom. The van der Waals surface area contributed by atoms with Gasteiger partial charge in [0.15, 0.2) is 0 Å². The summed E-state index contributed by atoms with van der Waals surface area (Å²) >= 11 is 0. The van der Waals surface area contributed by atoms with Gasteiger partial charge >= 0.3 is 11.9 Å². The van der Waals surface area contributed by atoms with Gasteiger partial charge in [-0.2, -0.15) is 0 Å². The summed E-state index contributed by atoms with van der Waals surface area (Å²) in [7, 11) is 0. The van der Waals surface area contributed by atoms with E-state index in [1.54, 1.807) is 0 Å². The molecule has 1 heterocycles. The van der Waals surface area contributed by atoms with Crippen molar-refractivity contribution in [3.05, 3.63) is 12.2 Å². The first-order valence-electron chi connectivity index (χ1n) is 19.7. The number of carbonyl (C=O) groups is 2. The van der Waals surface area contributed by atoms with Gasteiger partial charge in [-0.25, -0.2) is 0 Å². The first-order chi connectivity index (χ1) is 22.4. The van der Waals surface area contributed by atoms with Crippen molar-refractivity contribution in [2.45, 2.75) is 212 Å². The van der Waals surface area contributed by atoms with E-state index in [0.29, 0.717) is 25.0 Å². The van der Waals surface area contributed by atoms with Gasteiger partial charge in [-0.05, 0) is 44.4 Å². The van der Waals surface area contributed by atoms with Gasteiger partial charge in [0.25, 0.3) is 0 Å². The zero-order chi connectivity index (χ0) is 33.5. The monoisotopic (exact) mass is 651 g/mol. The number of aliphatic hydroxyl groups excluding tert-OH is 1. The number of allylic oxidation sites excluding steroid dienone is 1. The number of ether oxygens (including phenoxy) is 3. The number of esters is 2. The summed E-state index contributed by atoms with van der Waals surface area (Å²) in [5.74, 6) is 0.264. The Hall–Kier alpha value is -1.40. The molecular formula is C40H74O6. The minimum atomic E-state index is -0.970. The van der Waals surface area contributed by atoms with Crippen LogP contribution in [-0.4, -0.2) is 48.6 Å². The van der Waals surface area contributed by atoms with Gasteiger partial charge < -0.3 is 19.3 Å². The molecule has 1 N–H and O–H groups in total. The fourth-order valence-corrected chi connectivity index (χ4v) is 5.98. The van der Waals surface area contributed by atoms with Gasteiger partial charge in [0.2, 0.25) is 0 Å². The molecule has 0 amide bonds. The van der Waals surface area contributed by atoms with Gasteiger partial charge in [-0.1, -0.05) is 155 Å². The molecule has 0 bridgehead atoms. The maximum atomic E-state index is 12.0. The fraction of sp³-hybridized carbons (Fsp3) is 0.900. The Balaban J connectivity index is 1.81. The molecule has 1 aliphatic rings. The van der Waals surface area contributed by atoms with Crippen LogP contribution in [0.3, 0.4) is 0 Å². The van der Waals surface area contributed by atoms with E-state index in [2.05, 4.69) is 32.9 Å². The lowest BCUT2D eigenvalue weighted by Gasteiger charge is -2.12. The number of aliphatic hydroxyl groups is 1. The van der Waals surface area contributed by atoms with Crippen molar-refractivity contribution in [3.63, 3.8) is 0 Å². The van der Waals surface area contributed by atoms with Crippen LogP contribution in [0.15, 0.2) is 12.2 Å². The molecule has 0 spiro atoms. The van der Waals surface area contributed by atoms with E-state index in [-0.39, 0.29) is 25.2 Å². The summed E-state index contributed by atoms with van der Waals surface area (Å²) in [5, 5.41) is 10.0. The molecule has 0 aromatic rings. The standard InChI is InChI=1S/C40H74O6/c1-4-5-6-7-19-24-29-37-38(46-37)30-25-20-17-22-27-32-40(43)45-34-36(41)33-44-39(42)31-26-21-16-14-12-10-8-9-11-13-15-18-23-28-35(2)3/h19,24,35-38,41H,4-18,20-23,25-34H2,1-3H3/b24-19-/t36-,37?,38?/m0/s1. The van der Waals surface area contributed by atoms with Gasteiger partial charge in [-0.15, -0.1) is 0 Å².